The Morgan fingerprint density at radius 3 is 1.29 bits per heavy atom. The molecule has 256 valence electrons. The normalized spacial score (nSPS) is 12.9. The smallest absolute Gasteiger partial charge is 0.164 e. The summed E-state index contributed by atoms with van der Waals surface area (Å²) in [6, 6.07) is 71.5. The minimum atomic E-state index is -0.373. The molecule has 3 nitrogen and oxygen atoms in total. The maximum absolute atomic E-state index is 5.09. The van der Waals surface area contributed by atoms with Gasteiger partial charge < -0.3 is 0 Å². The van der Waals surface area contributed by atoms with E-state index in [1.165, 1.54) is 50.1 Å². The zero-order valence-corrected chi connectivity index (χ0v) is 29.9. The first-order valence-electron chi connectivity index (χ1n) is 18.8. The summed E-state index contributed by atoms with van der Waals surface area (Å²) >= 11 is 0. The van der Waals surface area contributed by atoms with Crippen LogP contribution in [0.4, 0.5) is 0 Å². The van der Waals surface area contributed by atoms with Crippen molar-refractivity contribution in [2.45, 2.75) is 5.41 Å². The zero-order chi connectivity index (χ0) is 36.3. The minimum Gasteiger partial charge on any atom is -0.208 e. The quantitative estimate of drug-likeness (QED) is 0.179. The van der Waals surface area contributed by atoms with Crippen molar-refractivity contribution >= 4 is 0 Å². The molecular formula is C52H33N3. The molecule has 0 saturated carbocycles. The first-order chi connectivity index (χ1) is 27.3. The molecule has 0 atom stereocenters. The first-order valence-corrected chi connectivity index (χ1v) is 18.8. The molecule has 55 heavy (non-hydrogen) atoms. The van der Waals surface area contributed by atoms with Crippen LogP contribution in [-0.4, -0.2) is 15.0 Å². The Bertz CT molecular complexity index is 2870. The van der Waals surface area contributed by atoms with Crippen LogP contribution in [0.25, 0.3) is 78.7 Å². The summed E-state index contributed by atoms with van der Waals surface area (Å²) < 4.78 is 0. The van der Waals surface area contributed by atoms with Crippen molar-refractivity contribution in [2.75, 3.05) is 0 Å². The Labute approximate surface area is 320 Å². The van der Waals surface area contributed by atoms with Crippen molar-refractivity contribution in [3.8, 4) is 78.7 Å². The van der Waals surface area contributed by atoms with Crippen molar-refractivity contribution in [1.29, 1.82) is 0 Å². The SMILES string of the molecule is c1ccc(-c2cccc(-c3nc(-c4ccccc4)nc(-c4ccc(-c5cccc6c5-c5ccccc5C65c6ccccc6-c6ccccc65)cc4)n3)c2)cc1. The zero-order valence-electron chi connectivity index (χ0n) is 29.9. The van der Waals surface area contributed by atoms with Crippen molar-refractivity contribution in [1.82, 2.24) is 15.0 Å². The van der Waals surface area contributed by atoms with E-state index in [4.69, 9.17) is 15.0 Å². The summed E-state index contributed by atoms with van der Waals surface area (Å²) in [4.78, 5) is 15.1. The molecule has 3 heteroatoms. The van der Waals surface area contributed by atoms with E-state index in [0.717, 1.165) is 33.4 Å². The van der Waals surface area contributed by atoms with Crippen LogP contribution in [0, 0.1) is 0 Å². The maximum Gasteiger partial charge on any atom is 0.164 e. The topological polar surface area (TPSA) is 38.7 Å². The molecule has 0 aliphatic heterocycles. The van der Waals surface area contributed by atoms with Crippen molar-refractivity contribution in [3.05, 3.63) is 222 Å². The fraction of sp³-hybridized carbons (Fsp3) is 0.0192. The van der Waals surface area contributed by atoms with Gasteiger partial charge in [-0.05, 0) is 72.8 Å². The molecule has 0 fully saturated rings. The Kier molecular flexibility index (Phi) is 7.08. The molecule has 1 heterocycles. The molecule has 1 aromatic heterocycles. The van der Waals surface area contributed by atoms with Gasteiger partial charge in [-0.3, -0.25) is 0 Å². The maximum atomic E-state index is 5.09. The number of hydrogen-bond acceptors (Lipinski definition) is 3. The summed E-state index contributed by atoms with van der Waals surface area (Å²) in [6.07, 6.45) is 0. The molecule has 8 aromatic carbocycles. The van der Waals surface area contributed by atoms with Gasteiger partial charge in [-0.1, -0.05) is 194 Å². The summed E-state index contributed by atoms with van der Waals surface area (Å²) in [7, 11) is 0. The van der Waals surface area contributed by atoms with E-state index < -0.39 is 0 Å². The Hall–Kier alpha value is -7.23. The van der Waals surface area contributed by atoms with Gasteiger partial charge in [0.25, 0.3) is 0 Å². The van der Waals surface area contributed by atoms with Gasteiger partial charge in [0, 0.05) is 16.7 Å². The second-order valence-electron chi connectivity index (χ2n) is 14.3. The molecule has 0 bridgehead atoms. The van der Waals surface area contributed by atoms with E-state index in [0.29, 0.717) is 17.5 Å². The van der Waals surface area contributed by atoms with Crippen LogP contribution in [0.1, 0.15) is 22.3 Å². The van der Waals surface area contributed by atoms with E-state index >= 15 is 0 Å². The minimum absolute atomic E-state index is 0.373. The van der Waals surface area contributed by atoms with Gasteiger partial charge in [0.1, 0.15) is 0 Å². The largest absolute Gasteiger partial charge is 0.208 e. The first kappa shape index (κ1) is 31.3. The van der Waals surface area contributed by atoms with Gasteiger partial charge in [0.2, 0.25) is 0 Å². The summed E-state index contributed by atoms with van der Waals surface area (Å²) in [6.45, 7) is 0. The van der Waals surface area contributed by atoms with Gasteiger partial charge in [-0.25, -0.2) is 15.0 Å². The molecule has 0 radical (unpaired) electrons. The molecule has 2 aliphatic rings. The average Bonchev–Trinajstić information content (AvgIpc) is 3.75. The lowest BCUT2D eigenvalue weighted by molar-refractivity contribution is 0.794. The van der Waals surface area contributed by atoms with E-state index in [1.807, 2.05) is 36.4 Å². The third-order valence-electron chi connectivity index (χ3n) is 11.4. The molecule has 2 aliphatic carbocycles. The predicted molar refractivity (Wildman–Crippen MR) is 223 cm³/mol. The van der Waals surface area contributed by atoms with Gasteiger partial charge in [-0.2, -0.15) is 0 Å². The van der Waals surface area contributed by atoms with Crippen molar-refractivity contribution in [2.24, 2.45) is 0 Å². The highest BCUT2D eigenvalue weighted by Gasteiger charge is 2.51. The molecule has 0 saturated heterocycles. The van der Waals surface area contributed by atoms with E-state index in [2.05, 4.69) is 164 Å². The average molecular weight is 700 g/mol. The molecule has 9 aromatic rings. The number of rotatable bonds is 5. The highest BCUT2D eigenvalue weighted by molar-refractivity contribution is 6.00. The molecule has 0 unspecified atom stereocenters. The van der Waals surface area contributed by atoms with E-state index in [1.54, 1.807) is 0 Å². The Balaban J connectivity index is 1.04. The Morgan fingerprint density at radius 1 is 0.255 bits per heavy atom. The fourth-order valence-electron chi connectivity index (χ4n) is 9.00. The molecule has 11 rings (SSSR count). The van der Waals surface area contributed by atoms with Crippen LogP contribution in [0.15, 0.2) is 200 Å². The van der Waals surface area contributed by atoms with Gasteiger partial charge in [0.15, 0.2) is 17.5 Å². The van der Waals surface area contributed by atoms with Crippen molar-refractivity contribution < 1.29 is 0 Å². The van der Waals surface area contributed by atoms with Gasteiger partial charge in [0.05, 0.1) is 5.41 Å². The van der Waals surface area contributed by atoms with Gasteiger partial charge >= 0.3 is 0 Å². The van der Waals surface area contributed by atoms with Crippen LogP contribution in [-0.2, 0) is 5.41 Å². The van der Waals surface area contributed by atoms with Gasteiger partial charge in [-0.15, -0.1) is 0 Å². The lowest BCUT2D eigenvalue weighted by Gasteiger charge is -2.30. The van der Waals surface area contributed by atoms with Crippen LogP contribution in [0.2, 0.25) is 0 Å². The highest BCUT2D eigenvalue weighted by atomic mass is 15.0. The summed E-state index contributed by atoms with van der Waals surface area (Å²) in [5, 5.41) is 0. The van der Waals surface area contributed by atoms with Crippen molar-refractivity contribution in [3.63, 3.8) is 0 Å². The second kappa shape index (κ2) is 12.4. The monoisotopic (exact) mass is 699 g/mol. The van der Waals surface area contributed by atoms with E-state index in [-0.39, 0.29) is 5.41 Å². The van der Waals surface area contributed by atoms with Crippen LogP contribution in [0.5, 0.6) is 0 Å². The summed E-state index contributed by atoms with van der Waals surface area (Å²) in [5.41, 5.74) is 17.7. The lowest BCUT2D eigenvalue weighted by atomic mass is 9.70. The highest BCUT2D eigenvalue weighted by Crippen LogP contribution is 2.63. The Morgan fingerprint density at radius 2 is 0.655 bits per heavy atom. The standard InChI is InChI=1S/C52H33N3/c1-3-15-34(16-4-1)38-19-13-20-39(33-38)51-54-49(36-17-5-2-6-18-36)53-50(55-51)37-31-29-35(30-32-37)40-24-14-28-47-48(40)43-23-9-12-27-46(43)52(47)44-25-10-7-21-41(44)42-22-8-11-26-45(42)52/h1-33H. The second-order valence-corrected chi connectivity index (χ2v) is 14.3. The number of nitrogens with zero attached hydrogens (tertiary/aromatic N) is 3. The molecule has 1 spiro atoms. The molecule has 0 N–H and O–H groups in total. The fourth-order valence-corrected chi connectivity index (χ4v) is 9.00. The number of hydrogen-bond donors (Lipinski definition) is 0. The third kappa shape index (κ3) is 4.80. The number of aromatic nitrogens is 3. The predicted octanol–water partition coefficient (Wildman–Crippen LogP) is 12.6. The van der Waals surface area contributed by atoms with Crippen LogP contribution < -0.4 is 0 Å². The molecule has 0 amide bonds. The number of benzene rings is 8. The van der Waals surface area contributed by atoms with Crippen LogP contribution >= 0.6 is 0 Å². The van der Waals surface area contributed by atoms with Crippen LogP contribution in [0.3, 0.4) is 0 Å². The number of fused-ring (bicyclic) bond motifs is 10. The van der Waals surface area contributed by atoms with E-state index in [9.17, 15) is 0 Å². The summed E-state index contributed by atoms with van der Waals surface area (Å²) in [5.74, 6) is 1.93. The third-order valence-corrected chi connectivity index (χ3v) is 11.4. The molecular weight excluding hydrogens is 667 g/mol. The lowest BCUT2D eigenvalue weighted by Crippen LogP contribution is -2.25.